The molecule has 0 saturated carbocycles. The maximum absolute atomic E-state index is 13.6. The SMILES string of the molecule is CCC(=O)NNC(=O)c1ccc(/C=C/C(c2cc(Cl)c(Cl)c(Cl)c2)C(F)(F)F)cc1. The van der Waals surface area contributed by atoms with Gasteiger partial charge in [-0.2, -0.15) is 13.2 Å². The number of benzene rings is 2. The Balaban J connectivity index is 2.20. The molecule has 0 aliphatic heterocycles. The summed E-state index contributed by atoms with van der Waals surface area (Å²) in [5.74, 6) is -2.87. The fourth-order valence-corrected chi connectivity index (χ4v) is 3.02. The number of hydrogen-bond acceptors (Lipinski definition) is 2. The van der Waals surface area contributed by atoms with Gasteiger partial charge < -0.3 is 0 Å². The molecule has 0 heterocycles. The number of carbonyl (C=O) groups excluding carboxylic acids is 2. The van der Waals surface area contributed by atoms with E-state index < -0.39 is 18.0 Å². The molecule has 160 valence electrons. The number of alkyl halides is 3. The molecule has 1 atom stereocenters. The van der Waals surface area contributed by atoms with E-state index in [4.69, 9.17) is 34.8 Å². The topological polar surface area (TPSA) is 58.2 Å². The average molecular weight is 480 g/mol. The van der Waals surface area contributed by atoms with Gasteiger partial charge in [-0.1, -0.05) is 66.0 Å². The minimum absolute atomic E-state index is 0.0176. The molecule has 2 rings (SSSR count). The van der Waals surface area contributed by atoms with Crippen molar-refractivity contribution in [3.8, 4) is 0 Å². The molecule has 0 spiro atoms. The summed E-state index contributed by atoms with van der Waals surface area (Å²) in [7, 11) is 0. The van der Waals surface area contributed by atoms with Crippen molar-refractivity contribution in [2.24, 2.45) is 0 Å². The third-order valence-electron chi connectivity index (χ3n) is 4.01. The number of amides is 2. The maximum Gasteiger partial charge on any atom is 0.399 e. The highest BCUT2D eigenvalue weighted by Gasteiger charge is 2.39. The molecule has 2 amide bonds. The lowest BCUT2D eigenvalue weighted by Gasteiger charge is -2.18. The van der Waals surface area contributed by atoms with Crippen molar-refractivity contribution in [1.29, 1.82) is 0 Å². The number of carbonyl (C=O) groups is 2. The predicted octanol–water partition coefficient (Wildman–Crippen LogP) is 6.18. The Morgan fingerprint density at radius 2 is 1.60 bits per heavy atom. The highest BCUT2D eigenvalue weighted by atomic mass is 35.5. The fraction of sp³-hybridized carbons (Fsp3) is 0.200. The van der Waals surface area contributed by atoms with Crippen LogP contribution in [-0.2, 0) is 4.79 Å². The summed E-state index contributed by atoms with van der Waals surface area (Å²) in [4.78, 5) is 23.1. The number of allylic oxidation sites excluding steroid dienone is 1. The Bertz CT molecular complexity index is 938. The van der Waals surface area contributed by atoms with Crippen LogP contribution in [0.3, 0.4) is 0 Å². The van der Waals surface area contributed by atoms with Crippen LogP contribution in [-0.4, -0.2) is 18.0 Å². The molecular formula is C20H16Cl3F3N2O2. The van der Waals surface area contributed by atoms with E-state index in [1.165, 1.54) is 30.3 Å². The van der Waals surface area contributed by atoms with E-state index in [1.54, 1.807) is 6.92 Å². The van der Waals surface area contributed by atoms with Crippen LogP contribution in [0.1, 0.15) is 40.7 Å². The quantitative estimate of drug-likeness (QED) is 0.398. The third kappa shape index (κ3) is 6.39. The first-order valence-electron chi connectivity index (χ1n) is 8.61. The first-order valence-corrected chi connectivity index (χ1v) is 9.75. The summed E-state index contributed by atoms with van der Waals surface area (Å²) in [6.45, 7) is 1.63. The van der Waals surface area contributed by atoms with Crippen LogP contribution < -0.4 is 10.9 Å². The summed E-state index contributed by atoms with van der Waals surface area (Å²) >= 11 is 17.5. The average Bonchev–Trinajstić information content (AvgIpc) is 2.69. The van der Waals surface area contributed by atoms with Gasteiger partial charge in [0.2, 0.25) is 5.91 Å². The third-order valence-corrected chi connectivity index (χ3v) is 5.21. The normalized spacial score (nSPS) is 12.6. The van der Waals surface area contributed by atoms with E-state index in [1.807, 2.05) is 0 Å². The first kappa shape index (κ1) is 24.1. The number of nitrogens with one attached hydrogen (secondary N) is 2. The van der Waals surface area contributed by atoms with Crippen LogP contribution in [0.4, 0.5) is 13.2 Å². The molecule has 0 aromatic heterocycles. The van der Waals surface area contributed by atoms with Crippen LogP contribution in [0.2, 0.25) is 15.1 Å². The van der Waals surface area contributed by atoms with Gasteiger partial charge in [0.15, 0.2) is 0 Å². The molecule has 2 aromatic carbocycles. The van der Waals surface area contributed by atoms with Gasteiger partial charge in [0.05, 0.1) is 21.0 Å². The Labute approximate surface area is 186 Å². The first-order chi connectivity index (χ1) is 14.0. The van der Waals surface area contributed by atoms with Crippen molar-refractivity contribution in [2.75, 3.05) is 0 Å². The standard InChI is InChI=1S/C20H16Cl3F3N2O2/c1-2-17(29)27-28-19(30)12-6-3-11(4-7-12)5-8-14(20(24,25)26)13-9-15(21)18(23)16(22)10-13/h3-10,14H,2H2,1H3,(H,27,29)(H,28,30)/b8-5+. The maximum atomic E-state index is 13.6. The highest BCUT2D eigenvalue weighted by molar-refractivity contribution is 6.48. The predicted molar refractivity (Wildman–Crippen MR) is 112 cm³/mol. The van der Waals surface area contributed by atoms with Crippen LogP contribution in [0.15, 0.2) is 42.5 Å². The Kier molecular flexibility index (Phi) is 8.18. The Hall–Kier alpha value is -2.22. The Morgan fingerprint density at radius 3 is 2.10 bits per heavy atom. The van der Waals surface area contributed by atoms with Gasteiger partial charge in [-0.15, -0.1) is 0 Å². The van der Waals surface area contributed by atoms with Crippen LogP contribution in [0.5, 0.6) is 0 Å². The van der Waals surface area contributed by atoms with Crippen molar-refractivity contribution in [3.05, 3.63) is 74.2 Å². The lowest BCUT2D eigenvalue weighted by molar-refractivity contribution is -0.139. The summed E-state index contributed by atoms with van der Waals surface area (Å²) < 4.78 is 40.7. The summed E-state index contributed by atoms with van der Waals surface area (Å²) in [5, 5.41) is -0.171. The highest BCUT2D eigenvalue weighted by Crippen LogP contribution is 2.41. The molecule has 0 fully saturated rings. The molecule has 0 saturated heterocycles. The van der Waals surface area contributed by atoms with E-state index in [2.05, 4.69) is 10.9 Å². The molecule has 10 heteroatoms. The number of hydrazine groups is 1. The monoisotopic (exact) mass is 478 g/mol. The fourth-order valence-electron chi connectivity index (χ4n) is 2.40. The second-order valence-electron chi connectivity index (χ2n) is 6.15. The molecular weight excluding hydrogens is 464 g/mol. The molecule has 0 aliphatic rings. The zero-order valence-corrected chi connectivity index (χ0v) is 17.8. The van der Waals surface area contributed by atoms with Crippen LogP contribution >= 0.6 is 34.8 Å². The lowest BCUT2D eigenvalue weighted by atomic mass is 9.97. The van der Waals surface area contributed by atoms with Gasteiger partial charge in [0, 0.05) is 12.0 Å². The van der Waals surface area contributed by atoms with Crippen molar-refractivity contribution in [3.63, 3.8) is 0 Å². The molecule has 0 radical (unpaired) electrons. The van der Waals surface area contributed by atoms with E-state index in [0.29, 0.717) is 5.56 Å². The van der Waals surface area contributed by atoms with Gasteiger partial charge in [0.1, 0.15) is 0 Å². The summed E-state index contributed by atoms with van der Waals surface area (Å²) in [6, 6.07) is 8.04. The van der Waals surface area contributed by atoms with Gasteiger partial charge in [-0.25, -0.2) is 0 Å². The minimum Gasteiger partial charge on any atom is -0.273 e. The Morgan fingerprint density at radius 1 is 1.03 bits per heavy atom. The molecule has 30 heavy (non-hydrogen) atoms. The number of hydrogen-bond donors (Lipinski definition) is 2. The largest absolute Gasteiger partial charge is 0.399 e. The molecule has 2 aromatic rings. The van der Waals surface area contributed by atoms with Gasteiger partial charge >= 0.3 is 6.18 Å². The second kappa shape index (κ2) is 10.2. The van der Waals surface area contributed by atoms with Crippen molar-refractivity contribution in [2.45, 2.75) is 25.4 Å². The lowest BCUT2D eigenvalue weighted by Crippen LogP contribution is -2.41. The van der Waals surface area contributed by atoms with E-state index >= 15 is 0 Å². The second-order valence-corrected chi connectivity index (χ2v) is 7.35. The zero-order valence-electron chi connectivity index (χ0n) is 15.5. The molecule has 4 nitrogen and oxygen atoms in total. The van der Waals surface area contributed by atoms with E-state index in [9.17, 15) is 22.8 Å². The van der Waals surface area contributed by atoms with Crippen molar-refractivity contribution < 1.29 is 22.8 Å². The van der Waals surface area contributed by atoms with Crippen LogP contribution in [0.25, 0.3) is 6.08 Å². The van der Waals surface area contributed by atoms with E-state index in [0.717, 1.165) is 18.2 Å². The van der Waals surface area contributed by atoms with Crippen LogP contribution in [0, 0.1) is 0 Å². The number of halogens is 6. The van der Waals surface area contributed by atoms with Gasteiger partial charge in [0.25, 0.3) is 5.91 Å². The minimum atomic E-state index is -4.59. The van der Waals surface area contributed by atoms with Crippen molar-refractivity contribution in [1.82, 2.24) is 10.9 Å². The smallest absolute Gasteiger partial charge is 0.273 e. The molecule has 2 N–H and O–H groups in total. The molecule has 0 aliphatic carbocycles. The summed E-state index contributed by atoms with van der Waals surface area (Å²) in [6.07, 6.45) is -2.15. The van der Waals surface area contributed by atoms with Gasteiger partial charge in [-0.05, 0) is 35.4 Å². The summed E-state index contributed by atoms with van der Waals surface area (Å²) in [5.41, 5.74) is 4.97. The van der Waals surface area contributed by atoms with Crippen molar-refractivity contribution >= 4 is 52.7 Å². The zero-order chi connectivity index (χ0) is 22.5. The van der Waals surface area contributed by atoms with E-state index in [-0.39, 0.29) is 38.5 Å². The number of rotatable bonds is 5. The molecule has 0 bridgehead atoms. The molecule has 1 unspecified atom stereocenters. The van der Waals surface area contributed by atoms with Gasteiger partial charge in [-0.3, -0.25) is 20.4 Å².